The second kappa shape index (κ2) is 7.05. The van der Waals surface area contributed by atoms with Crippen molar-refractivity contribution in [3.05, 3.63) is 22.4 Å². The van der Waals surface area contributed by atoms with E-state index in [9.17, 15) is 0 Å². The summed E-state index contributed by atoms with van der Waals surface area (Å²) < 4.78 is 5.43. The molecule has 1 aromatic rings. The van der Waals surface area contributed by atoms with E-state index in [1.165, 1.54) is 4.88 Å². The fraction of sp³-hybridized carbons (Fsp3) is 0.692. The molecule has 0 radical (unpaired) electrons. The maximum atomic E-state index is 5.43. The highest BCUT2D eigenvalue weighted by Crippen LogP contribution is 2.26. The molecule has 0 fully saturated rings. The van der Waals surface area contributed by atoms with Crippen LogP contribution in [-0.4, -0.2) is 19.3 Å². The lowest BCUT2D eigenvalue weighted by atomic mass is 10.0. The van der Waals surface area contributed by atoms with Gasteiger partial charge in [-0.3, -0.25) is 0 Å². The smallest absolute Gasteiger partial charge is 0.0616 e. The first-order valence-corrected chi connectivity index (χ1v) is 6.90. The number of hydrogen-bond donors (Lipinski definition) is 1. The van der Waals surface area contributed by atoms with Gasteiger partial charge < -0.3 is 10.1 Å². The Labute approximate surface area is 103 Å². The Morgan fingerprint density at radius 2 is 2.12 bits per heavy atom. The lowest BCUT2D eigenvalue weighted by Crippen LogP contribution is -2.36. The predicted octanol–water partition coefficient (Wildman–Crippen LogP) is 3.46. The summed E-state index contributed by atoms with van der Waals surface area (Å²) >= 11 is 1.82. The first kappa shape index (κ1) is 13.7. The van der Waals surface area contributed by atoms with E-state index in [4.69, 9.17) is 4.74 Å². The minimum Gasteiger partial charge on any atom is -0.380 e. The van der Waals surface area contributed by atoms with Gasteiger partial charge in [0.25, 0.3) is 0 Å². The maximum absolute atomic E-state index is 5.43. The molecule has 0 spiro atoms. The van der Waals surface area contributed by atoms with Crippen LogP contribution < -0.4 is 5.32 Å². The summed E-state index contributed by atoms with van der Waals surface area (Å²) in [7, 11) is 0. The van der Waals surface area contributed by atoms with Gasteiger partial charge in [-0.25, -0.2) is 0 Å². The van der Waals surface area contributed by atoms with Crippen LogP contribution in [0.25, 0.3) is 0 Å². The van der Waals surface area contributed by atoms with Crippen molar-refractivity contribution in [2.24, 2.45) is 5.92 Å². The Morgan fingerprint density at radius 3 is 2.62 bits per heavy atom. The molecule has 0 amide bonds. The molecular weight excluding hydrogens is 218 g/mol. The molecule has 0 aliphatic heterocycles. The lowest BCUT2D eigenvalue weighted by molar-refractivity contribution is 0.121. The summed E-state index contributed by atoms with van der Waals surface area (Å²) in [6.45, 7) is 10.3. The third-order valence-electron chi connectivity index (χ3n) is 2.55. The standard InChI is InChI=1S/C13H23NOS/c1-5-15-9-11(4)14-13(10(2)3)12-7-6-8-16-12/h6-8,10-11,13-14H,5,9H2,1-4H3. The van der Waals surface area contributed by atoms with Crippen molar-refractivity contribution in [2.75, 3.05) is 13.2 Å². The zero-order chi connectivity index (χ0) is 12.0. The Hall–Kier alpha value is -0.380. The van der Waals surface area contributed by atoms with Gasteiger partial charge >= 0.3 is 0 Å². The lowest BCUT2D eigenvalue weighted by Gasteiger charge is -2.25. The van der Waals surface area contributed by atoms with Crippen molar-refractivity contribution < 1.29 is 4.74 Å². The van der Waals surface area contributed by atoms with Gasteiger partial charge in [-0.2, -0.15) is 0 Å². The summed E-state index contributed by atoms with van der Waals surface area (Å²) in [5.41, 5.74) is 0. The Morgan fingerprint density at radius 1 is 1.38 bits per heavy atom. The van der Waals surface area contributed by atoms with Crippen molar-refractivity contribution >= 4 is 11.3 Å². The predicted molar refractivity (Wildman–Crippen MR) is 71.0 cm³/mol. The van der Waals surface area contributed by atoms with Gasteiger partial charge in [0, 0.05) is 23.6 Å². The van der Waals surface area contributed by atoms with E-state index in [0.717, 1.165) is 13.2 Å². The molecule has 1 N–H and O–H groups in total. The van der Waals surface area contributed by atoms with E-state index in [2.05, 4.69) is 43.6 Å². The van der Waals surface area contributed by atoms with Crippen molar-refractivity contribution in [3.8, 4) is 0 Å². The maximum Gasteiger partial charge on any atom is 0.0616 e. The van der Waals surface area contributed by atoms with E-state index in [0.29, 0.717) is 18.0 Å². The molecular formula is C13H23NOS. The van der Waals surface area contributed by atoms with Gasteiger partial charge in [0.05, 0.1) is 6.61 Å². The van der Waals surface area contributed by atoms with Crippen LogP contribution in [0.1, 0.15) is 38.6 Å². The monoisotopic (exact) mass is 241 g/mol. The molecule has 3 heteroatoms. The SMILES string of the molecule is CCOCC(C)NC(c1cccs1)C(C)C. The van der Waals surface area contributed by atoms with Gasteiger partial charge in [-0.05, 0) is 31.2 Å². The van der Waals surface area contributed by atoms with E-state index in [-0.39, 0.29) is 0 Å². The molecule has 2 nitrogen and oxygen atoms in total. The molecule has 0 aromatic carbocycles. The Balaban J connectivity index is 2.52. The van der Waals surface area contributed by atoms with Gasteiger partial charge in [0.1, 0.15) is 0 Å². The van der Waals surface area contributed by atoms with Crippen LogP contribution in [-0.2, 0) is 4.74 Å². The summed E-state index contributed by atoms with van der Waals surface area (Å²) in [5.74, 6) is 0.600. The summed E-state index contributed by atoms with van der Waals surface area (Å²) in [6.07, 6.45) is 0. The second-order valence-corrected chi connectivity index (χ2v) is 5.44. The van der Waals surface area contributed by atoms with Gasteiger partial charge in [-0.15, -0.1) is 11.3 Å². The van der Waals surface area contributed by atoms with Gasteiger partial charge in [0.2, 0.25) is 0 Å². The van der Waals surface area contributed by atoms with Crippen LogP contribution in [0.3, 0.4) is 0 Å². The Kier molecular flexibility index (Phi) is 6.03. The van der Waals surface area contributed by atoms with Crippen LogP contribution in [0.5, 0.6) is 0 Å². The minimum absolute atomic E-state index is 0.398. The van der Waals surface area contributed by atoms with Gasteiger partial charge in [0.15, 0.2) is 0 Å². The van der Waals surface area contributed by atoms with Crippen LogP contribution in [0.4, 0.5) is 0 Å². The van der Waals surface area contributed by atoms with Crippen LogP contribution in [0.15, 0.2) is 17.5 Å². The number of rotatable bonds is 7. The fourth-order valence-electron chi connectivity index (χ4n) is 1.72. The van der Waals surface area contributed by atoms with E-state index in [1.54, 1.807) is 0 Å². The second-order valence-electron chi connectivity index (χ2n) is 4.46. The van der Waals surface area contributed by atoms with E-state index in [1.807, 2.05) is 18.3 Å². The molecule has 0 bridgehead atoms. The van der Waals surface area contributed by atoms with Crippen LogP contribution in [0, 0.1) is 5.92 Å². The highest BCUT2D eigenvalue weighted by Gasteiger charge is 2.18. The highest BCUT2D eigenvalue weighted by molar-refractivity contribution is 7.10. The number of nitrogens with one attached hydrogen (secondary N) is 1. The molecule has 2 unspecified atom stereocenters. The van der Waals surface area contributed by atoms with Crippen LogP contribution >= 0.6 is 11.3 Å². The minimum atomic E-state index is 0.398. The third-order valence-corrected chi connectivity index (χ3v) is 3.51. The van der Waals surface area contributed by atoms with E-state index < -0.39 is 0 Å². The number of hydrogen-bond acceptors (Lipinski definition) is 3. The van der Waals surface area contributed by atoms with Crippen molar-refractivity contribution in [3.63, 3.8) is 0 Å². The number of ether oxygens (including phenoxy) is 1. The largest absolute Gasteiger partial charge is 0.380 e. The molecule has 0 aliphatic rings. The molecule has 16 heavy (non-hydrogen) atoms. The zero-order valence-corrected chi connectivity index (χ0v) is 11.5. The molecule has 0 saturated carbocycles. The normalized spacial score (nSPS) is 15.3. The van der Waals surface area contributed by atoms with Gasteiger partial charge in [-0.1, -0.05) is 19.9 Å². The fourth-order valence-corrected chi connectivity index (χ4v) is 2.68. The Bertz CT molecular complexity index is 271. The summed E-state index contributed by atoms with van der Waals surface area (Å²) in [6, 6.07) is 5.16. The van der Waals surface area contributed by atoms with Crippen molar-refractivity contribution in [2.45, 2.75) is 39.8 Å². The average molecular weight is 241 g/mol. The molecule has 0 saturated heterocycles. The zero-order valence-electron chi connectivity index (χ0n) is 10.7. The highest BCUT2D eigenvalue weighted by atomic mass is 32.1. The van der Waals surface area contributed by atoms with Crippen molar-refractivity contribution in [1.82, 2.24) is 5.32 Å². The molecule has 1 heterocycles. The first-order valence-electron chi connectivity index (χ1n) is 6.02. The molecule has 92 valence electrons. The first-order chi connectivity index (χ1) is 7.65. The molecule has 1 rings (SSSR count). The summed E-state index contributed by atoms with van der Waals surface area (Å²) in [4.78, 5) is 1.42. The topological polar surface area (TPSA) is 21.3 Å². The third kappa shape index (κ3) is 4.24. The summed E-state index contributed by atoms with van der Waals surface area (Å²) in [5, 5.41) is 5.78. The molecule has 1 aromatic heterocycles. The quantitative estimate of drug-likeness (QED) is 0.789. The average Bonchev–Trinajstić information content (AvgIpc) is 2.75. The number of thiophene rings is 1. The molecule has 2 atom stereocenters. The van der Waals surface area contributed by atoms with E-state index >= 15 is 0 Å². The van der Waals surface area contributed by atoms with Crippen molar-refractivity contribution in [1.29, 1.82) is 0 Å². The van der Waals surface area contributed by atoms with Crippen LogP contribution in [0.2, 0.25) is 0 Å². The molecule has 0 aliphatic carbocycles.